The molecule has 2 aromatic carbocycles. The number of aryl methyl sites for hydroxylation is 1. The zero-order valence-electron chi connectivity index (χ0n) is 14.2. The van der Waals surface area contributed by atoms with Gasteiger partial charge in [-0.1, -0.05) is 19.9 Å². The van der Waals surface area contributed by atoms with E-state index in [4.69, 9.17) is 4.42 Å². The third kappa shape index (κ3) is 3.68. The van der Waals surface area contributed by atoms with Gasteiger partial charge in [0.25, 0.3) is 6.01 Å². The van der Waals surface area contributed by atoms with E-state index in [2.05, 4.69) is 10.3 Å². The number of nitrogens with zero attached hydrogens (tertiary/aromatic N) is 1. The van der Waals surface area contributed by atoms with Gasteiger partial charge in [0.2, 0.25) is 0 Å². The van der Waals surface area contributed by atoms with Crippen molar-refractivity contribution in [2.75, 3.05) is 5.32 Å². The van der Waals surface area contributed by atoms with Crippen molar-refractivity contribution in [3.05, 3.63) is 53.1 Å². The molecular formula is C19H18F2N2O2. The summed E-state index contributed by atoms with van der Waals surface area (Å²) in [7, 11) is 0. The van der Waals surface area contributed by atoms with Crippen molar-refractivity contribution in [3.63, 3.8) is 0 Å². The quantitative estimate of drug-likeness (QED) is 0.713. The first kappa shape index (κ1) is 17.1. The number of carbonyl (C=O) groups is 1. The predicted molar refractivity (Wildman–Crippen MR) is 91.9 cm³/mol. The number of anilines is 2. The van der Waals surface area contributed by atoms with Crippen molar-refractivity contribution in [1.82, 2.24) is 4.98 Å². The van der Waals surface area contributed by atoms with Gasteiger partial charge in [-0.3, -0.25) is 4.79 Å². The Hall–Kier alpha value is -2.76. The van der Waals surface area contributed by atoms with Crippen molar-refractivity contribution >= 4 is 28.6 Å². The van der Waals surface area contributed by atoms with Crippen molar-refractivity contribution < 1.29 is 18.0 Å². The van der Waals surface area contributed by atoms with Gasteiger partial charge in [-0.2, -0.15) is 4.98 Å². The maximum Gasteiger partial charge on any atom is 0.300 e. The van der Waals surface area contributed by atoms with Crippen LogP contribution in [0.3, 0.4) is 0 Å². The molecule has 3 aromatic rings. The van der Waals surface area contributed by atoms with E-state index in [1.807, 2.05) is 6.92 Å². The van der Waals surface area contributed by atoms with Crippen LogP contribution in [0.25, 0.3) is 11.1 Å². The summed E-state index contributed by atoms with van der Waals surface area (Å²) in [5.74, 6) is -1.10. The molecule has 0 fully saturated rings. The highest BCUT2D eigenvalue weighted by Crippen LogP contribution is 2.27. The monoisotopic (exact) mass is 344 g/mol. The first-order valence-electron chi connectivity index (χ1n) is 7.98. The van der Waals surface area contributed by atoms with Gasteiger partial charge in [0.05, 0.1) is 0 Å². The second kappa shape index (κ2) is 6.63. The number of hydrogen-bond acceptors (Lipinski definition) is 4. The van der Waals surface area contributed by atoms with Crippen molar-refractivity contribution in [2.45, 2.75) is 27.2 Å². The Morgan fingerprint density at radius 2 is 2.00 bits per heavy atom. The zero-order valence-corrected chi connectivity index (χ0v) is 14.2. The van der Waals surface area contributed by atoms with E-state index in [-0.39, 0.29) is 35.5 Å². The van der Waals surface area contributed by atoms with E-state index in [1.165, 1.54) is 24.3 Å². The lowest BCUT2D eigenvalue weighted by atomic mass is 10.0. The average Bonchev–Trinajstić information content (AvgIpc) is 2.92. The fraction of sp³-hybridized carbons (Fsp3) is 0.263. The smallest absolute Gasteiger partial charge is 0.300 e. The van der Waals surface area contributed by atoms with Crippen LogP contribution in [0.15, 0.2) is 34.7 Å². The third-order valence-corrected chi connectivity index (χ3v) is 4.01. The van der Waals surface area contributed by atoms with Crippen LogP contribution in [0.1, 0.15) is 25.0 Å². The van der Waals surface area contributed by atoms with Crippen LogP contribution in [0.5, 0.6) is 0 Å². The van der Waals surface area contributed by atoms with E-state index >= 15 is 0 Å². The molecule has 0 aliphatic heterocycles. The molecular weight excluding hydrogens is 326 g/mol. The molecule has 0 saturated heterocycles. The number of ketones is 1. The average molecular weight is 344 g/mol. The van der Waals surface area contributed by atoms with E-state index < -0.39 is 5.82 Å². The number of hydrogen-bond donors (Lipinski definition) is 1. The molecule has 1 N–H and O–H groups in total. The van der Waals surface area contributed by atoms with Crippen molar-refractivity contribution in [2.24, 2.45) is 5.92 Å². The van der Waals surface area contributed by atoms with Gasteiger partial charge in [-0.25, -0.2) is 8.78 Å². The van der Waals surface area contributed by atoms with Crippen molar-refractivity contribution in [3.8, 4) is 0 Å². The summed E-state index contributed by atoms with van der Waals surface area (Å²) >= 11 is 0. The normalized spacial score (nSPS) is 11.3. The number of rotatable bonds is 5. The van der Waals surface area contributed by atoms with Gasteiger partial charge in [-0.05, 0) is 36.2 Å². The van der Waals surface area contributed by atoms with Gasteiger partial charge in [0.1, 0.15) is 22.9 Å². The Morgan fingerprint density at radius 1 is 1.24 bits per heavy atom. The van der Waals surface area contributed by atoms with E-state index in [0.717, 1.165) is 5.56 Å². The second-order valence-corrected chi connectivity index (χ2v) is 6.31. The van der Waals surface area contributed by atoms with E-state index in [0.29, 0.717) is 16.8 Å². The largest absolute Gasteiger partial charge is 0.423 e. The Kier molecular flexibility index (Phi) is 4.53. The summed E-state index contributed by atoms with van der Waals surface area (Å²) in [6.45, 7) is 5.37. The SMILES string of the molecule is Cc1ccc(F)cc1Nc1nc2cc(F)c(CC(=O)C(C)C)cc2o1. The Labute approximate surface area is 143 Å². The van der Waals surface area contributed by atoms with Gasteiger partial charge in [0.15, 0.2) is 5.58 Å². The highest BCUT2D eigenvalue weighted by molar-refractivity contribution is 5.84. The fourth-order valence-electron chi connectivity index (χ4n) is 2.42. The Morgan fingerprint density at radius 3 is 2.72 bits per heavy atom. The molecule has 0 unspecified atom stereocenters. The zero-order chi connectivity index (χ0) is 18.1. The molecule has 4 nitrogen and oxygen atoms in total. The first-order valence-corrected chi connectivity index (χ1v) is 7.98. The minimum atomic E-state index is -0.497. The predicted octanol–water partition coefficient (Wildman–Crippen LogP) is 4.93. The van der Waals surface area contributed by atoms with Gasteiger partial charge >= 0.3 is 0 Å². The maximum absolute atomic E-state index is 14.2. The highest BCUT2D eigenvalue weighted by atomic mass is 19.1. The van der Waals surface area contributed by atoms with Gasteiger partial charge in [0, 0.05) is 24.1 Å². The maximum atomic E-state index is 14.2. The number of nitrogens with one attached hydrogen (secondary N) is 1. The number of carbonyl (C=O) groups excluding carboxylic acids is 1. The Balaban J connectivity index is 1.92. The van der Waals surface area contributed by atoms with Crippen LogP contribution in [0.2, 0.25) is 0 Å². The molecule has 0 radical (unpaired) electrons. The van der Waals surface area contributed by atoms with Crippen LogP contribution in [0.4, 0.5) is 20.5 Å². The summed E-state index contributed by atoms with van der Waals surface area (Å²) < 4.78 is 33.1. The minimum absolute atomic E-state index is 0.00586. The second-order valence-electron chi connectivity index (χ2n) is 6.31. The molecule has 0 atom stereocenters. The summed E-state index contributed by atoms with van der Waals surface area (Å²) in [5.41, 5.74) is 2.30. The summed E-state index contributed by atoms with van der Waals surface area (Å²) in [4.78, 5) is 16.0. The molecule has 1 heterocycles. The number of halogens is 2. The molecule has 6 heteroatoms. The number of Topliss-reactive ketones (excluding diaryl/α,β-unsaturated/α-hetero) is 1. The number of benzene rings is 2. The summed E-state index contributed by atoms with van der Waals surface area (Å²) in [5, 5.41) is 2.89. The molecule has 130 valence electrons. The molecule has 3 rings (SSSR count). The molecule has 1 aromatic heterocycles. The van der Waals surface area contributed by atoms with E-state index in [1.54, 1.807) is 19.9 Å². The third-order valence-electron chi connectivity index (χ3n) is 4.01. The Bertz CT molecular complexity index is 948. The molecule has 0 amide bonds. The lowest BCUT2D eigenvalue weighted by Gasteiger charge is -2.05. The van der Waals surface area contributed by atoms with E-state index in [9.17, 15) is 13.6 Å². The summed E-state index contributed by atoms with van der Waals surface area (Å²) in [6, 6.07) is 7.19. The molecule has 0 spiro atoms. The van der Waals surface area contributed by atoms with Gasteiger partial charge < -0.3 is 9.73 Å². The molecule has 0 saturated carbocycles. The summed E-state index contributed by atoms with van der Waals surface area (Å²) in [6.07, 6.45) is 0.00586. The van der Waals surface area contributed by atoms with Crippen molar-refractivity contribution in [1.29, 1.82) is 0 Å². The van der Waals surface area contributed by atoms with Crippen LogP contribution in [-0.4, -0.2) is 10.8 Å². The number of oxazole rings is 1. The standard InChI is InChI=1S/C19H18F2N2O2/c1-10(2)17(24)6-12-7-18-16(9-14(12)21)23-19(25-18)22-15-8-13(20)5-4-11(15)3/h4-5,7-10H,6H2,1-3H3,(H,22,23). The topological polar surface area (TPSA) is 55.1 Å². The fourth-order valence-corrected chi connectivity index (χ4v) is 2.42. The lowest BCUT2D eigenvalue weighted by Crippen LogP contribution is -2.11. The number of aromatic nitrogens is 1. The molecule has 0 bridgehead atoms. The van der Waals surface area contributed by atoms with Crippen LogP contribution in [-0.2, 0) is 11.2 Å². The lowest BCUT2D eigenvalue weighted by molar-refractivity contribution is -0.121. The van der Waals surface area contributed by atoms with Crippen LogP contribution in [0, 0.1) is 24.5 Å². The highest BCUT2D eigenvalue weighted by Gasteiger charge is 2.16. The first-order chi connectivity index (χ1) is 11.8. The van der Waals surface area contributed by atoms with Crippen LogP contribution >= 0.6 is 0 Å². The molecule has 0 aliphatic rings. The molecule has 25 heavy (non-hydrogen) atoms. The number of fused-ring (bicyclic) bond motifs is 1. The van der Waals surface area contributed by atoms with Gasteiger partial charge in [-0.15, -0.1) is 0 Å². The molecule has 0 aliphatic carbocycles. The minimum Gasteiger partial charge on any atom is -0.423 e. The van der Waals surface area contributed by atoms with Crippen LogP contribution < -0.4 is 5.32 Å².